The molecule has 0 aromatic heterocycles. The minimum atomic E-state index is 1.08. The molecule has 0 bridgehead atoms. The number of benzene rings is 1. The summed E-state index contributed by atoms with van der Waals surface area (Å²) in [5, 5.41) is 2.35. The van der Waals surface area contributed by atoms with Crippen LogP contribution in [0.25, 0.3) is 0 Å². The number of likely N-dealkylation sites (N-methyl/N-ethyl adjacent to an activating group) is 1. The third kappa shape index (κ3) is 4.46. The first-order chi connectivity index (χ1) is 8.34. The van der Waals surface area contributed by atoms with Gasteiger partial charge in [0.2, 0.25) is 0 Å². The van der Waals surface area contributed by atoms with Gasteiger partial charge in [-0.15, -0.1) is 0 Å². The highest BCUT2D eigenvalue weighted by Crippen LogP contribution is 2.02. The first-order valence-corrected chi connectivity index (χ1v) is 6.55. The lowest BCUT2D eigenvalue weighted by Gasteiger charge is -2.32. The van der Waals surface area contributed by atoms with Gasteiger partial charge < -0.3 is 4.90 Å². The fourth-order valence-electron chi connectivity index (χ4n) is 2.14. The monoisotopic (exact) mass is 233 g/mol. The van der Waals surface area contributed by atoms with Gasteiger partial charge in [0.05, 0.1) is 0 Å². The van der Waals surface area contributed by atoms with Crippen molar-refractivity contribution in [2.75, 3.05) is 39.8 Å². The zero-order chi connectivity index (χ0) is 11.9. The van der Waals surface area contributed by atoms with E-state index in [1.165, 1.54) is 31.5 Å². The Labute approximate surface area is 104 Å². The fourth-order valence-corrected chi connectivity index (χ4v) is 2.14. The van der Waals surface area contributed by atoms with Crippen molar-refractivity contribution >= 4 is 0 Å². The minimum Gasteiger partial charge on any atom is -0.304 e. The van der Waals surface area contributed by atoms with E-state index in [1.54, 1.807) is 0 Å². The van der Waals surface area contributed by atoms with Crippen LogP contribution in [-0.2, 0) is 6.42 Å². The van der Waals surface area contributed by atoms with Gasteiger partial charge in [-0.25, -0.2) is 5.01 Å². The molecular formula is C14H23N3. The van der Waals surface area contributed by atoms with Gasteiger partial charge in [0.25, 0.3) is 0 Å². The summed E-state index contributed by atoms with van der Waals surface area (Å²) in [5.74, 6) is 0. The summed E-state index contributed by atoms with van der Waals surface area (Å²) < 4.78 is 0. The second kappa shape index (κ2) is 6.74. The average molecular weight is 233 g/mol. The van der Waals surface area contributed by atoms with Crippen molar-refractivity contribution in [1.82, 2.24) is 15.3 Å². The highest BCUT2D eigenvalue weighted by Gasteiger charge is 2.12. The van der Waals surface area contributed by atoms with Gasteiger partial charge in [-0.1, -0.05) is 30.3 Å². The molecule has 0 saturated carbocycles. The van der Waals surface area contributed by atoms with Gasteiger partial charge in [-0.05, 0) is 25.5 Å². The first kappa shape index (κ1) is 12.6. The van der Waals surface area contributed by atoms with Crippen LogP contribution in [0.4, 0.5) is 0 Å². The molecule has 0 aliphatic carbocycles. The van der Waals surface area contributed by atoms with Gasteiger partial charge in [-0.2, -0.15) is 0 Å². The Hall–Kier alpha value is -0.900. The summed E-state index contributed by atoms with van der Waals surface area (Å²) in [6, 6.07) is 10.7. The topological polar surface area (TPSA) is 18.5 Å². The Morgan fingerprint density at radius 3 is 2.47 bits per heavy atom. The molecule has 17 heavy (non-hydrogen) atoms. The molecular weight excluding hydrogens is 210 g/mol. The third-order valence-corrected chi connectivity index (χ3v) is 3.32. The minimum absolute atomic E-state index is 1.08. The van der Waals surface area contributed by atoms with Crippen molar-refractivity contribution < 1.29 is 0 Å². The van der Waals surface area contributed by atoms with E-state index in [0.717, 1.165) is 19.6 Å². The molecule has 0 unspecified atom stereocenters. The second-order valence-corrected chi connectivity index (χ2v) is 4.79. The molecule has 1 aliphatic rings. The summed E-state index contributed by atoms with van der Waals surface area (Å²) in [7, 11) is 2.19. The zero-order valence-corrected chi connectivity index (χ0v) is 10.7. The molecule has 1 aromatic rings. The van der Waals surface area contributed by atoms with E-state index in [9.17, 15) is 0 Å². The first-order valence-electron chi connectivity index (χ1n) is 6.55. The van der Waals surface area contributed by atoms with Crippen molar-refractivity contribution in [2.45, 2.75) is 12.8 Å². The van der Waals surface area contributed by atoms with Crippen LogP contribution in [-0.4, -0.2) is 49.7 Å². The smallest absolute Gasteiger partial charge is 0.0259 e. The number of hydrogen-bond acceptors (Lipinski definition) is 3. The van der Waals surface area contributed by atoms with Crippen molar-refractivity contribution in [3.8, 4) is 0 Å². The molecule has 3 heteroatoms. The lowest BCUT2D eigenvalue weighted by molar-refractivity contribution is 0.104. The van der Waals surface area contributed by atoms with Gasteiger partial charge >= 0.3 is 0 Å². The molecule has 3 nitrogen and oxygen atoms in total. The Balaban J connectivity index is 1.57. The standard InChI is InChI=1S/C14H23N3/c1-16-10-12-17(13-11-16)15-9-5-8-14-6-3-2-4-7-14/h2-4,6-7,15H,5,8-13H2,1H3. The van der Waals surface area contributed by atoms with E-state index in [2.05, 4.69) is 52.7 Å². The second-order valence-electron chi connectivity index (χ2n) is 4.79. The van der Waals surface area contributed by atoms with E-state index in [0.29, 0.717) is 0 Å². The molecule has 0 spiro atoms. The highest BCUT2D eigenvalue weighted by atomic mass is 15.5. The Kier molecular flexibility index (Phi) is 4.98. The molecule has 1 aliphatic heterocycles. The molecule has 0 atom stereocenters. The predicted molar refractivity (Wildman–Crippen MR) is 71.8 cm³/mol. The van der Waals surface area contributed by atoms with Crippen LogP contribution in [0.2, 0.25) is 0 Å². The summed E-state index contributed by atoms with van der Waals surface area (Å²) in [6.07, 6.45) is 2.37. The molecule has 1 fully saturated rings. The van der Waals surface area contributed by atoms with Crippen molar-refractivity contribution in [3.05, 3.63) is 35.9 Å². The Morgan fingerprint density at radius 2 is 1.76 bits per heavy atom. The highest BCUT2D eigenvalue weighted by molar-refractivity contribution is 5.14. The molecule has 2 rings (SSSR count). The largest absolute Gasteiger partial charge is 0.304 e. The molecule has 1 aromatic carbocycles. The number of rotatable bonds is 5. The van der Waals surface area contributed by atoms with Crippen LogP contribution in [0.15, 0.2) is 30.3 Å². The molecule has 0 amide bonds. The van der Waals surface area contributed by atoms with Crippen LogP contribution in [0, 0.1) is 0 Å². The molecule has 0 radical (unpaired) electrons. The summed E-state index contributed by atoms with van der Waals surface area (Å²) >= 11 is 0. The average Bonchev–Trinajstić information content (AvgIpc) is 2.38. The number of aryl methyl sites for hydroxylation is 1. The maximum atomic E-state index is 3.52. The van der Waals surface area contributed by atoms with Gasteiger partial charge in [0.1, 0.15) is 0 Å². The summed E-state index contributed by atoms with van der Waals surface area (Å²) in [5.41, 5.74) is 4.96. The normalized spacial score (nSPS) is 18.4. The van der Waals surface area contributed by atoms with E-state index in [4.69, 9.17) is 0 Å². The number of nitrogens with zero attached hydrogens (tertiary/aromatic N) is 2. The van der Waals surface area contributed by atoms with E-state index in [1.807, 2.05) is 0 Å². The fraction of sp³-hybridized carbons (Fsp3) is 0.571. The lowest BCUT2D eigenvalue weighted by Crippen LogP contribution is -2.50. The van der Waals surface area contributed by atoms with E-state index < -0.39 is 0 Å². The van der Waals surface area contributed by atoms with Crippen molar-refractivity contribution in [1.29, 1.82) is 0 Å². The maximum absolute atomic E-state index is 3.52. The van der Waals surface area contributed by atoms with E-state index in [-0.39, 0.29) is 0 Å². The SMILES string of the molecule is CN1CCN(NCCCc2ccccc2)CC1. The van der Waals surface area contributed by atoms with Crippen LogP contribution in [0.3, 0.4) is 0 Å². The van der Waals surface area contributed by atoms with Crippen LogP contribution >= 0.6 is 0 Å². The molecule has 1 N–H and O–H groups in total. The summed E-state index contributed by atoms with van der Waals surface area (Å²) in [6.45, 7) is 5.71. The van der Waals surface area contributed by atoms with E-state index >= 15 is 0 Å². The lowest BCUT2D eigenvalue weighted by atomic mass is 10.1. The molecule has 94 valence electrons. The van der Waals surface area contributed by atoms with Crippen LogP contribution in [0.1, 0.15) is 12.0 Å². The van der Waals surface area contributed by atoms with Gasteiger partial charge in [0, 0.05) is 32.7 Å². The number of piperazine rings is 1. The molecule has 1 heterocycles. The predicted octanol–water partition coefficient (Wildman–Crippen LogP) is 1.37. The number of nitrogens with one attached hydrogen (secondary N) is 1. The maximum Gasteiger partial charge on any atom is 0.0259 e. The number of hydrazine groups is 1. The van der Waals surface area contributed by atoms with Gasteiger partial charge in [-0.3, -0.25) is 5.43 Å². The van der Waals surface area contributed by atoms with Crippen LogP contribution in [0.5, 0.6) is 0 Å². The third-order valence-electron chi connectivity index (χ3n) is 3.32. The Morgan fingerprint density at radius 1 is 1.06 bits per heavy atom. The molecule has 1 saturated heterocycles. The quantitative estimate of drug-likeness (QED) is 0.775. The van der Waals surface area contributed by atoms with Gasteiger partial charge in [0.15, 0.2) is 0 Å². The summed E-state index contributed by atoms with van der Waals surface area (Å²) in [4.78, 5) is 2.38. The Bertz CT molecular complexity index is 305. The number of hydrogen-bond donors (Lipinski definition) is 1. The zero-order valence-electron chi connectivity index (χ0n) is 10.7. The van der Waals surface area contributed by atoms with Crippen molar-refractivity contribution in [2.24, 2.45) is 0 Å². The van der Waals surface area contributed by atoms with Crippen LogP contribution < -0.4 is 5.43 Å². The van der Waals surface area contributed by atoms with Crippen molar-refractivity contribution in [3.63, 3.8) is 0 Å².